The van der Waals surface area contributed by atoms with Crippen LogP contribution in [-0.2, 0) is 4.87 Å². The molecule has 0 radical (unpaired) electrons. The molecule has 0 N–H and O–H groups in total. The first-order valence-corrected chi connectivity index (χ1v) is 14.6. The zero-order valence-electron chi connectivity index (χ0n) is 20.6. The highest BCUT2D eigenvalue weighted by molar-refractivity contribution is 7.16. The molecule has 176 valence electrons. The highest BCUT2D eigenvalue weighted by atomic mass is 35.5. The number of allylic oxidation sites excluding steroid dienone is 3. The van der Waals surface area contributed by atoms with Gasteiger partial charge in [0.25, 0.3) is 0 Å². The van der Waals surface area contributed by atoms with Gasteiger partial charge < -0.3 is 0 Å². The van der Waals surface area contributed by atoms with E-state index in [-0.39, 0.29) is 0 Å². The van der Waals surface area contributed by atoms with Gasteiger partial charge in [-0.15, -0.1) is 18.2 Å². The lowest BCUT2D eigenvalue weighted by molar-refractivity contribution is 0.665. The van der Waals surface area contributed by atoms with E-state index < -0.39 is 12.9 Å². The molecule has 0 bridgehead atoms. The lowest BCUT2D eigenvalue weighted by Crippen LogP contribution is -2.70. The molecule has 0 heterocycles. The average Bonchev–Trinajstić information content (AvgIpc) is 2.91. The van der Waals surface area contributed by atoms with E-state index in [2.05, 4.69) is 141 Å². The third-order valence-corrected chi connectivity index (χ3v) is 12.5. The largest absolute Gasteiger partial charge is 0.177 e. The molecule has 0 aromatic heterocycles. The number of rotatable bonds is 9. The third kappa shape index (κ3) is 4.98. The van der Waals surface area contributed by atoms with E-state index in [0.29, 0.717) is 0 Å². The van der Waals surface area contributed by atoms with Crippen molar-refractivity contribution in [2.75, 3.05) is 0 Å². The van der Waals surface area contributed by atoms with E-state index >= 15 is 0 Å². The van der Waals surface area contributed by atoms with Gasteiger partial charge in [-0.3, -0.25) is 0 Å². The van der Waals surface area contributed by atoms with Crippen molar-refractivity contribution < 1.29 is 0 Å². The van der Waals surface area contributed by atoms with Crippen LogP contribution in [-0.4, -0.2) is 8.07 Å². The second kappa shape index (κ2) is 11.1. The predicted octanol–water partition coefficient (Wildman–Crippen LogP) is 7.13. The summed E-state index contributed by atoms with van der Waals surface area (Å²) in [6.07, 6.45) is 3.95. The Morgan fingerprint density at radius 1 is 0.686 bits per heavy atom. The summed E-state index contributed by atoms with van der Waals surface area (Å²) in [7, 11) is -2.77. The fourth-order valence-electron chi connectivity index (χ4n) is 5.12. The molecule has 0 aliphatic heterocycles. The van der Waals surface area contributed by atoms with Crippen LogP contribution in [0.3, 0.4) is 0 Å². The SMILES string of the molecule is C=C(C(Cl)(CCC=C(C)C)c1ccccc1)[Si](c1ccccc1)(c1ccccc1)c1ccccc1. The Morgan fingerprint density at radius 2 is 1.06 bits per heavy atom. The molecule has 1 atom stereocenters. The van der Waals surface area contributed by atoms with E-state index in [1.807, 2.05) is 0 Å². The van der Waals surface area contributed by atoms with E-state index in [1.165, 1.54) is 21.1 Å². The third-order valence-electron chi connectivity index (χ3n) is 6.82. The lowest BCUT2D eigenvalue weighted by Gasteiger charge is -2.43. The maximum Gasteiger partial charge on any atom is 0.177 e. The van der Waals surface area contributed by atoms with Gasteiger partial charge in [0.2, 0.25) is 0 Å². The number of halogens is 1. The van der Waals surface area contributed by atoms with Gasteiger partial charge in [-0.05, 0) is 53.0 Å². The summed E-state index contributed by atoms with van der Waals surface area (Å²) in [5.41, 5.74) is 2.41. The number of hydrogen-bond donors (Lipinski definition) is 0. The molecule has 0 fully saturated rings. The van der Waals surface area contributed by atoms with Crippen molar-refractivity contribution in [3.63, 3.8) is 0 Å². The topological polar surface area (TPSA) is 0 Å². The minimum Gasteiger partial charge on any atom is -0.110 e. The summed E-state index contributed by atoms with van der Waals surface area (Å²) in [5.74, 6) is 0. The van der Waals surface area contributed by atoms with Gasteiger partial charge in [0.1, 0.15) is 0 Å². The minimum atomic E-state index is -2.77. The van der Waals surface area contributed by atoms with Crippen LogP contribution in [0.25, 0.3) is 0 Å². The molecule has 4 aromatic carbocycles. The lowest BCUT2D eigenvalue weighted by atomic mass is 9.92. The molecule has 0 amide bonds. The van der Waals surface area contributed by atoms with Gasteiger partial charge in [0.15, 0.2) is 8.07 Å². The first kappa shape index (κ1) is 25.0. The van der Waals surface area contributed by atoms with Crippen molar-refractivity contribution in [2.24, 2.45) is 0 Å². The fraction of sp³-hybridized carbons (Fsp3) is 0.152. The number of alkyl halides is 1. The van der Waals surface area contributed by atoms with Crippen molar-refractivity contribution in [3.05, 3.63) is 150 Å². The Kier molecular flexibility index (Phi) is 7.90. The van der Waals surface area contributed by atoms with E-state index in [0.717, 1.165) is 23.6 Å². The molecule has 0 saturated heterocycles. The van der Waals surface area contributed by atoms with Crippen molar-refractivity contribution in [1.82, 2.24) is 0 Å². The first-order chi connectivity index (χ1) is 17.0. The summed E-state index contributed by atoms with van der Waals surface area (Å²) < 4.78 is 0. The summed E-state index contributed by atoms with van der Waals surface area (Å²) in [6, 6.07) is 43.2. The first-order valence-electron chi connectivity index (χ1n) is 12.2. The van der Waals surface area contributed by atoms with Crippen molar-refractivity contribution in [1.29, 1.82) is 0 Å². The second-order valence-electron chi connectivity index (χ2n) is 9.31. The van der Waals surface area contributed by atoms with Gasteiger partial charge >= 0.3 is 0 Å². The van der Waals surface area contributed by atoms with Crippen LogP contribution in [0, 0.1) is 0 Å². The molecule has 4 aromatic rings. The van der Waals surface area contributed by atoms with E-state index in [9.17, 15) is 0 Å². The molecule has 1 unspecified atom stereocenters. The van der Waals surface area contributed by atoms with Gasteiger partial charge in [-0.25, -0.2) is 0 Å². The molecule has 4 rings (SSSR count). The molecule has 0 aliphatic rings. The Hall–Kier alpha value is -3.13. The van der Waals surface area contributed by atoms with Gasteiger partial charge in [0, 0.05) is 0 Å². The highest BCUT2D eigenvalue weighted by Gasteiger charge is 2.50. The average molecular weight is 493 g/mol. The Bertz CT molecular complexity index is 1160. The zero-order valence-corrected chi connectivity index (χ0v) is 22.4. The molecule has 2 heteroatoms. The molecule has 0 spiro atoms. The molecule has 0 aliphatic carbocycles. The van der Waals surface area contributed by atoms with Crippen molar-refractivity contribution >= 4 is 35.2 Å². The number of hydrogen-bond acceptors (Lipinski definition) is 0. The van der Waals surface area contributed by atoms with Crippen LogP contribution in [0.4, 0.5) is 0 Å². The fourth-order valence-corrected chi connectivity index (χ4v) is 10.8. The quantitative estimate of drug-likeness (QED) is 0.101. The predicted molar refractivity (Wildman–Crippen MR) is 156 cm³/mol. The van der Waals surface area contributed by atoms with Crippen LogP contribution in [0.5, 0.6) is 0 Å². The molecule has 35 heavy (non-hydrogen) atoms. The Balaban J connectivity index is 2.04. The standard InChI is InChI=1S/C33H33ClSi/c1-27(2)17-16-26-33(34,29-18-8-4-9-19-29)28(3)35(30-20-10-5-11-21-30,31-22-12-6-13-23-31)32-24-14-7-15-25-32/h4-15,17-25H,3,16,26H2,1-2H3. The molecular weight excluding hydrogens is 460 g/mol. The second-order valence-corrected chi connectivity index (χ2v) is 13.8. The number of benzene rings is 4. The molecule has 0 nitrogen and oxygen atoms in total. The van der Waals surface area contributed by atoms with E-state index in [1.54, 1.807) is 0 Å². The molecule has 0 saturated carbocycles. The highest BCUT2D eigenvalue weighted by Crippen LogP contribution is 2.44. The van der Waals surface area contributed by atoms with Gasteiger partial charge in [-0.2, -0.15) is 0 Å². The summed E-state index contributed by atoms with van der Waals surface area (Å²) >= 11 is 7.84. The van der Waals surface area contributed by atoms with Crippen LogP contribution in [0.15, 0.2) is 145 Å². The smallest absolute Gasteiger partial charge is 0.110 e. The normalized spacial score (nSPS) is 13.0. The van der Waals surface area contributed by atoms with Crippen LogP contribution < -0.4 is 15.6 Å². The van der Waals surface area contributed by atoms with Crippen LogP contribution in [0.1, 0.15) is 32.3 Å². The van der Waals surface area contributed by atoms with E-state index in [4.69, 9.17) is 18.2 Å². The Morgan fingerprint density at radius 3 is 1.43 bits per heavy atom. The maximum absolute atomic E-state index is 7.84. The summed E-state index contributed by atoms with van der Waals surface area (Å²) in [4.78, 5) is -0.721. The Labute approximate surface area is 216 Å². The van der Waals surface area contributed by atoms with Gasteiger partial charge in [-0.1, -0.05) is 133 Å². The zero-order chi connectivity index (χ0) is 24.7. The van der Waals surface area contributed by atoms with Gasteiger partial charge in [0.05, 0.1) is 4.87 Å². The van der Waals surface area contributed by atoms with Crippen molar-refractivity contribution in [2.45, 2.75) is 31.6 Å². The summed E-state index contributed by atoms with van der Waals surface area (Å²) in [5, 5.41) is 4.99. The minimum absolute atomic E-state index is 0.721. The maximum atomic E-state index is 7.84. The van der Waals surface area contributed by atoms with Crippen LogP contribution in [0.2, 0.25) is 0 Å². The monoisotopic (exact) mass is 492 g/mol. The molecular formula is C33H33ClSi. The van der Waals surface area contributed by atoms with Crippen molar-refractivity contribution in [3.8, 4) is 0 Å². The summed E-state index contributed by atoms with van der Waals surface area (Å²) in [6.45, 7) is 9.20. The van der Waals surface area contributed by atoms with Crippen LogP contribution >= 0.6 is 11.6 Å².